The van der Waals surface area contributed by atoms with E-state index in [1.54, 1.807) is 25.1 Å². The fraction of sp³-hybridized carbons (Fsp3) is 0.263. The van der Waals surface area contributed by atoms with Crippen LogP contribution in [0.5, 0.6) is 0 Å². The highest BCUT2D eigenvalue weighted by Crippen LogP contribution is 2.36. The van der Waals surface area contributed by atoms with Gasteiger partial charge in [0.15, 0.2) is 0 Å². The summed E-state index contributed by atoms with van der Waals surface area (Å²) in [5, 5.41) is 10.9. The Hall–Kier alpha value is -3.21. The number of hydrogen-bond donors (Lipinski definition) is 3. The smallest absolute Gasteiger partial charge is 0.360 e. The van der Waals surface area contributed by atoms with Gasteiger partial charge in [-0.2, -0.15) is 18.2 Å². The molecule has 0 spiro atoms. The molecule has 0 aliphatic carbocycles. The van der Waals surface area contributed by atoms with Crippen molar-refractivity contribution in [1.29, 1.82) is 0 Å². The molecular formula is C19H17F3N6OS. The molecule has 30 heavy (non-hydrogen) atoms. The first kappa shape index (κ1) is 20.1. The van der Waals surface area contributed by atoms with Crippen LogP contribution in [0.4, 0.5) is 36.3 Å². The SMILES string of the molecule is Cc1csc(C(C)Nc2nc(Nc3ccc4c(c3)CC(=O)N4)ncc2C(F)(F)F)n1. The lowest BCUT2D eigenvalue weighted by molar-refractivity contribution is -0.137. The van der Waals surface area contributed by atoms with E-state index in [4.69, 9.17) is 0 Å². The average Bonchev–Trinajstić information content (AvgIpc) is 3.25. The number of carbonyl (C=O) groups is 1. The first-order valence-electron chi connectivity index (χ1n) is 9.01. The molecule has 1 atom stereocenters. The molecule has 11 heteroatoms. The van der Waals surface area contributed by atoms with Gasteiger partial charge in [0.05, 0.1) is 12.5 Å². The Labute approximate surface area is 173 Å². The van der Waals surface area contributed by atoms with Crippen LogP contribution in [-0.2, 0) is 17.4 Å². The number of carbonyl (C=O) groups excluding carboxylic acids is 1. The summed E-state index contributed by atoms with van der Waals surface area (Å²) in [5.74, 6) is -0.436. The highest BCUT2D eigenvalue weighted by Gasteiger charge is 2.36. The average molecular weight is 434 g/mol. The van der Waals surface area contributed by atoms with Crippen molar-refractivity contribution in [2.75, 3.05) is 16.0 Å². The van der Waals surface area contributed by atoms with E-state index in [9.17, 15) is 18.0 Å². The van der Waals surface area contributed by atoms with Crippen LogP contribution in [0, 0.1) is 6.92 Å². The molecule has 0 fully saturated rings. The quantitative estimate of drug-likeness (QED) is 0.541. The third-order valence-corrected chi connectivity index (χ3v) is 5.59. The van der Waals surface area contributed by atoms with Gasteiger partial charge in [0.2, 0.25) is 11.9 Å². The fourth-order valence-electron chi connectivity index (χ4n) is 3.03. The second kappa shape index (κ2) is 7.56. The van der Waals surface area contributed by atoms with Crippen LogP contribution in [0.3, 0.4) is 0 Å². The molecule has 4 rings (SSSR count). The number of alkyl halides is 3. The molecule has 1 aromatic carbocycles. The van der Waals surface area contributed by atoms with Crippen molar-refractivity contribution >= 4 is 40.4 Å². The van der Waals surface area contributed by atoms with Gasteiger partial charge in [0.1, 0.15) is 16.4 Å². The van der Waals surface area contributed by atoms with Crippen molar-refractivity contribution < 1.29 is 18.0 Å². The van der Waals surface area contributed by atoms with Crippen LogP contribution in [0.1, 0.15) is 34.8 Å². The van der Waals surface area contributed by atoms with Gasteiger partial charge in [-0.25, -0.2) is 9.97 Å². The molecule has 1 aliphatic rings. The minimum Gasteiger partial charge on any atom is -0.360 e. The molecule has 7 nitrogen and oxygen atoms in total. The third kappa shape index (κ3) is 4.20. The zero-order valence-electron chi connectivity index (χ0n) is 16.0. The standard InChI is InChI=1S/C19H17F3N6OS/c1-9-8-30-17(24-9)10(2)25-16-13(19(20,21)22)7-23-18(28-16)26-12-3-4-14-11(5-12)6-15(29)27-14/h3-5,7-8,10H,6H2,1-2H3,(H,27,29)(H2,23,25,26,28). The van der Waals surface area contributed by atoms with Crippen LogP contribution in [0.15, 0.2) is 29.8 Å². The number of thiazole rings is 1. The predicted molar refractivity (Wildman–Crippen MR) is 108 cm³/mol. The summed E-state index contributed by atoms with van der Waals surface area (Å²) in [4.78, 5) is 23.7. The van der Waals surface area contributed by atoms with Crippen molar-refractivity contribution in [3.05, 3.63) is 51.6 Å². The minimum absolute atomic E-state index is 0.00486. The van der Waals surface area contributed by atoms with E-state index in [-0.39, 0.29) is 24.1 Å². The Balaban J connectivity index is 1.61. The molecule has 3 N–H and O–H groups in total. The summed E-state index contributed by atoms with van der Waals surface area (Å²) < 4.78 is 40.4. The number of rotatable bonds is 5. The Kier molecular flexibility index (Phi) is 5.06. The largest absolute Gasteiger partial charge is 0.421 e. The van der Waals surface area contributed by atoms with E-state index in [2.05, 4.69) is 30.9 Å². The van der Waals surface area contributed by atoms with E-state index in [0.29, 0.717) is 16.4 Å². The Morgan fingerprint density at radius 2 is 2.07 bits per heavy atom. The number of amides is 1. The molecule has 0 saturated carbocycles. The molecule has 156 valence electrons. The van der Waals surface area contributed by atoms with Crippen LogP contribution >= 0.6 is 11.3 Å². The van der Waals surface area contributed by atoms with Gasteiger partial charge < -0.3 is 16.0 Å². The van der Waals surface area contributed by atoms with Gasteiger partial charge in [-0.15, -0.1) is 11.3 Å². The number of halogens is 3. The van der Waals surface area contributed by atoms with Gasteiger partial charge in [-0.3, -0.25) is 4.79 Å². The molecule has 0 bridgehead atoms. The molecular weight excluding hydrogens is 417 g/mol. The molecule has 0 radical (unpaired) electrons. The third-order valence-electron chi connectivity index (χ3n) is 4.44. The number of fused-ring (bicyclic) bond motifs is 1. The number of nitrogens with zero attached hydrogens (tertiary/aromatic N) is 3. The Morgan fingerprint density at radius 1 is 1.27 bits per heavy atom. The highest BCUT2D eigenvalue weighted by molar-refractivity contribution is 7.09. The highest BCUT2D eigenvalue weighted by atomic mass is 32.1. The van der Waals surface area contributed by atoms with Gasteiger partial charge in [-0.05, 0) is 37.6 Å². The molecule has 2 aromatic heterocycles. The molecule has 0 saturated heterocycles. The maximum Gasteiger partial charge on any atom is 0.421 e. The monoisotopic (exact) mass is 434 g/mol. The summed E-state index contributed by atoms with van der Waals surface area (Å²) >= 11 is 1.36. The molecule has 3 heterocycles. The van der Waals surface area contributed by atoms with Crippen molar-refractivity contribution in [1.82, 2.24) is 15.0 Å². The predicted octanol–water partition coefficient (Wildman–Crippen LogP) is 4.67. The lowest BCUT2D eigenvalue weighted by Crippen LogP contribution is -2.16. The molecule has 3 aromatic rings. The second-order valence-electron chi connectivity index (χ2n) is 6.87. The van der Waals surface area contributed by atoms with Crippen LogP contribution in [-0.4, -0.2) is 20.9 Å². The summed E-state index contributed by atoms with van der Waals surface area (Å²) in [6.07, 6.45) is -3.62. The molecule has 1 amide bonds. The zero-order chi connectivity index (χ0) is 21.5. The lowest BCUT2D eigenvalue weighted by Gasteiger charge is -2.18. The van der Waals surface area contributed by atoms with E-state index < -0.39 is 17.8 Å². The van der Waals surface area contributed by atoms with Crippen LogP contribution in [0.2, 0.25) is 0 Å². The van der Waals surface area contributed by atoms with E-state index in [1.807, 2.05) is 12.3 Å². The first-order valence-corrected chi connectivity index (χ1v) is 9.89. The van der Waals surface area contributed by atoms with Crippen molar-refractivity contribution in [2.24, 2.45) is 0 Å². The summed E-state index contributed by atoms with van der Waals surface area (Å²) in [7, 11) is 0. The first-order chi connectivity index (χ1) is 14.2. The summed E-state index contributed by atoms with van der Waals surface area (Å²) in [6.45, 7) is 3.54. The van der Waals surface area contributed by atoms with Crippen molar-refractivity contribution in [3.63, 3.8) is 0 Å². The minimum atomic E-state index is -4.61. The van der Waals surface area contributed by atoms with Crippen LogP contribution < -0.4 is 16.0 Å². The number of hydrogen-bond acceptors (Lipinski definition) is 7. The lowest BCUT2D eigenvalue weighted by atomic mass is 10.1. The molecule has 1 aliphatic heterocycles. The van der Waals surface area contributed by atoms with Gasteiger partial charge in [0.25, 0.3) is 0 Å². The Bertz CT molecular complexity index is 1110. The van der Waals surface area contributed by atoms with Crippen molar-refractivity contribution in [3.8, 4) is 0 Å². The molecule has 1 unspecified atom stereocenters. The summed E-state index contributed by atoms with van der Waals surface area (Å²) in [5.41, 5.74) is 1.92. The van der Waals surface area contributed by atoms with Gasteiger partial charge in [0, 0.05) is 28.6 Å². The maximum atomic E-state index is 13.5. The fourth-order valence-corrected chi connectivity index (χ4v) is 3.84. The van der Waals surface area contributed by atoms with E-state index in [1.165, 1.54) is 11.3 Å². The second-order valence-corrected chi connectivity index (χ2v) is 7.76. The van der Waals surface area contributed by atoms with E-state index >= 15 is 0 Å². The van der Waals surface area contributed by atoms with Gasteiger partial charge >= 0.3 is 6.18 Å². The number of aryl methyl sites for hydroxylation is 1. The summed E-state index contributed by atoms with van der Waals surface area (Å²) in [6, 6.07) is 4.69. The zero-order valence-corrected chi connectivity index (χ0v) is 16.8. The van der Waals surface area contributed by atoms with E-state index in [0.717, 1.165) is 17.5 Å². The number of anilines is 4. The number of aromatic nitrogens is 3. The number of benzene rings is 1. The van der Waals surface area contributed by atoms with Crippen LogP contribution in [0.25, 0.3) is 0 Å². The van der Waals surface area contributed by atoms with Crippen molar-refractivity contribution in [2.45, 2.75) is 32.5 Å². The maximum absolute atomic E-state index is 13.5. The van der Waals surface area contributed by atoms with Gasteiger partial charge in [-0.1, -0.05) is 0 Å². The Morgan fingerprint density at radius 3 is 2.77 bits per heavy atom. The number of nitrogens with one attached hydrogen (secondary N) is 3. The normalized spacial score (nSPS) is 14.2. The topological polar surface area (TPSA) is 91.8 Å².